The van der Waals surface area contributed by atoms with Crippen molar-refractivity contribution in [2.45, 2.75) is 25.4 Å². The van der Waals surface area contributed by atoms with Gasteiger partial charge < -0.3 is 10.3 Å². The van der Waals surface area contributed by atoms with Crippen LogP contribution in [0, 0.1) is 0 Å². The highest BCUT2D eigenvalue weighted by Crippen LogP contribution is 2.24. The van der Waals surface area contributed by atoms with E-state index in [-0.39, 0.29) is 11.3 Å². The molecule has 0 amide bonds. The van der Waals surface area contributed by atoms with Gasteiger partial charge in [0.1, 0.15) is 0 Å². The number of aromatic amines is 1. The van der Waals surface area contributed by atoms with Crippen molar-refractivity contribution in [1.29, 1.82) is 0 Å². The summed E-state index contributed by atoms with van der Waals surface area (Å²) in [6, 6.07) is 8.19. The molecule has 1 aliphatic heterocycles. The molecular weight excluding hydrogens is 260 g/mol. The number of fused-ring (bicyclic) bond motifs is 1. The molecule has 0 saturated carbocycles. The zero-order chi connectivity index (χ0) is 13.5. The minimum absolute atomic E-state index is 0.239. The Morgan fingerprint density at radius 2 is 2.21 bits per heavy atom. The predicted molar refractivity (Wildman–Crippen MR) is 76.8 cm³/mol. The molecular formula is C14H18N2O2S. The molecule has 19 heavy (non-hydrogen) atoms. The fraction of sp³-hybridized carbons (Fsp3) is 0.429. The third-order valence-electron chi connectivity index (χ3n) is 3.89. The number of hydrogen-bond acceptors (Lipinski definition) is 3. The Bertz CT molecular complexity index is 705. The van der Waals surface area contributed by atoms with Crippen molar-refractivity contribution >= 4 is 20.7 Å². The van der Waals surface area contributed by atoms with Crippen molar-refractivity contribution in [3.63, 3.8) is 0 Å². The quantitative estimate of drug-likeness (QED) is 0.900. The molecule has 1 fully saturated rings. The highest BCUT2D eigenvalue weighted by molar-refractivity contribution is 7.91. The number of benzene rings is 1. The Kier molecular flexibility index (Phi) is 2.91. The van der Waals surface area contributed by atoms with Crippen molar-refractivity contribution < 1.29 is 8.42 Å². The van der Waals surface area contributed by atoms with Gasteiger partial charge in [0.2, 0.25) is 0 Å². The van der Waals surface area contributed by atoms with E-state index < -0.39 is 9.84 Å². The van der Waals surface area contributed by atoms with E-state index in [0.717, 1.165) is 5.52 Å². The maximum Gasteiger partial charge on any atom is 0.152 e. The molecule has 0 radical (unpaired) electrons. The van der Waals surface area contributed by atoms with Gasteiger partial charge in [-0.25, -0.2) is 8.42 Å². The molecule has 4 nitrogen and oxygen atoms in total. The van der Waals surface area contributed by atoms with Crippen LogP contribution in [-0.2, 0) is 16.4 Å². The van der Waals surface area contributed by atoms with E-state index in [9.17, 15) is 8.42 Å². The van der Waals surface area contributed by atoms with Gasteiger partial charge in [-0.2, -0.15) is 0 Å². The highest BCUT2D eigenvalue weighted by atomic mass is 32.2. The maximum absolute atomic E-state index is 11.6. The van der Waals surface area contributed by atoms with E-state index in [1.165, 1.54) is 10.9 Å². The Morgan fingerprint density at radius 1 is 1.37 bits per heavy atom. The molecule has 0 spiro atoms. The Balaban J connectivity index is 1.78. The largest absolute Gasteiger partial charge is 0.361 e. The highest BCUT2D eigenvalue weighted by Gasteiger charge is 2.37. The molecule has 1 saturated heterocycles. The molecule has 1 aromatic carbocycles. The average Bonchev–Trinajstić information content (AvgIpc) is 2.92. The van der Waals surface area contributed by atoms with Gasteiger partial charge in [0.15, 0.2) is 9.84 Å². The minimum atomic E-state index is -2.86. The fourth-order valence-electron chi connectivity index (χ4n) is 2.76. The first-order valence-corrected chi connectivity index (χ1v) is 8.30. The van der Waals surface area contributed by atoms with Crippen LogP contribution in [0.25, 0.3) is 10.9 Å². The van der Waals surface area contributed by atoms with Gasteiger partial charge in [-0.1, -0.05) is 12.1 Å². The molecule has 102 valence electrons. The van der Waals surface area contributed by atoms with Gasteiger partial charge in [-0.15, -0.1) is 0 Å². The van der Waals surface area contributed by atoms with Crippen LogP contribution in [0.4, 0.5) is 0 Å². The summed E-state index contributed by atoms with van der Waals surface area (Å²) < 4.78 is 23.2. The first-order valence-electron chi connectivity index (χ1n) is 6.48. The second kappa shape index (κ2) is 4.35. The molecule has 3 rings (SSSR count). The van der Waals surface area contributed by atoms with Crippen molar-refractivity contribution in [3.05, 3.63) is 36.0 Å². The molecule has 1 unspecified atom stereocenters. The van der Waals surface area contributed by atoms with E-state index in [2.05, 4.69) is 22.4 Å². The molecule has 1 aliphatic rings. The summed E-state index contributed by atoms with van der Waals surface area (Å²) in [5, 5.41) is 4.61. The first kappa shape index (κ1) is 12.7. The van der Waals surface area contributed by atoms with Gasteiger partial charge >= 0.3 is 0 Å². The number of aromatic nitrogens is 1. The molecule has 0 bridgehead atoms. The summed E-state index contributed by atoms with van der Waals surface area (Å²) in [6.45, 7) is 2.69. The molecule has 2 aromatic rings. The molecule has 0 aliphatic carbocycles. The molecule has 1 atom stereocenters. The van der Waals surface area contributed by atoms with Crippen LogP contribution in [0.15, 0.2) is 30.5 Å². The summed E-state index contributed by atoms with van der Waals surface area (Å²) in [7, 11) is -2.86. The second-order valence-electron chi connectivity index (χ2n) is 5.61. The second-order valence-corrected chi connectivity index (χ2v) is 7.80. The molecule has 2 N–H and O–H groups in total. The van der Waals surface area contributed by atoms with Gasteiger partial charge in [0.05, 0.1) is 11.5 Å². The molecule has 1 aromatic heterocycles. The topological polar surface area (TPSA) is 62.0 Å². The van der Waals surface area contributed by atoms with Crippen LogP contribution < -0.4 is 5.32 Å². The molecule has 5 heteroatoms. The van der Waals surface area contributed by atoms with Gasteiger partial charge in [0.25, 0.3) is 0 Å². The van der Waals surface area contributed by atoms with Crippen LogP contribution >= 0.6 is 0 Å². The van der Waals surface area contributed by atoms with Crippen molar-refractivity contribution in [1.82, 2.24) is 10.3 Å². The summed E-state index contributed by atoms with van der Waals surface area (Å²) >= 11 is 0. The van der Waals surface area contributed by atoms with Gasteiger partial charge in [0, 0.05) is 29.2 Å². The van der Waals surface area contributed by atoms with E-state index in [1.54, 1.807) is 0 Å². The SMILES string of the molecule is CC1(NCc2cccc3[nH]ccc23)CCS(=O)(=O)C1. The summed E-state index contributed by atoms with van der Waals surface area (Å²) in [6.07, 6.45) is 2.62. The summed E-state index contributed by atoms with van der Waals surface area (Å²) in [5.41, 5.74) is 2.02. The lowest BCUT2D eigenvalue weighted by Gasteiger charge is -2.24. The van der Waals surface area contributed by atoms with Crippen molar-refractivity contribution in [2.75, 3.05) is 11.5 Å². The van der Waals surface area contributed by atoms with Crippen LogP contribution in [0.1, 0.15) is 18.9 Å². The van der Waals surface area contributed by atoms with Crippen LogP contribution in [0.3, 0.4) is 0 Å². The van der Waals surface area contributed by atoms with Crippen LogP contribution in [-0.4, -0.2) is 30.4 Å². The zero-order valence-electron chi connectivity index (χ0n) is 10.9. The van der Waals surface area contributed by atoms with Crippen LogP contribution in [0.2, 0.25) is 0 Å². The lowest BCUT2D eigenvalue weighted by Crippen LogP contribution is -2.42. The van der Waals surface area contributed by atoms with E-state index in [4.69, 9.17) is 0 Å². The Labute approximate surface area is 113 Å². The smallest absolute Gasteiger partial charge is 0.152 e. The fourth-order valence-corrected chi connectivity index (χ4v) is 4.89. The normalized spacial score (nSPS) is 25.9. The molecule has 2 heterocycles. The standard InChI is InChI=1S/C14H18N2O2S/c1-14(6-8-19(17,18)10-14)16-9-11-3-2-4-13-12(11)5-7-15-13/h2-5,7,15-16H,6,8-10H2,1H3. The maximum atomic E-state index is 11.6. The predicted octanol–water partition coefficient (Wildman–Crippen LogP) is 1.83. The average molecular weight is 278 g/mol. The third-order valence-corrected chi connectivity index (χ3v) is 5.80. The lowest BCUT2D eigenvalue weighted by atomic mass is 10.0. The van der Waals surface area contributed by atoms with E-state index in [0.29, 0.717) is 18.7 Å². The number of nitrogens with one attached hydrogen (secondary N) is 2. The lowest BCUT2D eigenvalue weighted by molar-refractivity contribution is 0.396. The van der Waals surface area contributed by atoms with E-state index in [1.807, 2.05) is 25.3 Å². The third kappa shape index (κ3) is 2.53. The van der Waals surface area contributed by atoms with Crippen molar-refractivity contribution in [2.24, 2.45) is 0 Å². The first-order chi connectivity index (χ1) is 8.98. The van der Waals surface area contributed by atoms with E-state index >= 15 is 0 Å². The van der Waals surface area contributed by atoms with Crippen LogP contribution in [0.5, 0.6) is 0 Å². The number of sulfone groups is 1. The monoisotopic (exact) mass is 278 g/mol. The number of rotatable bonds is 3. The minimum Gasteiger partial charge on any atom is -0.361 e. The Hall–Kier alpha value is -1.33. The summed E-state index contributed by atoms with van der Waals surface area (Å²) in [5.74, 6) is 0.536. The van der Waals surface area contributed by atoms with Gasteiger partial charge in [-0.3, -0.25) is 0 Å². The number of hydrogen-bond donors (Lipinski definition) is 2. The Morgan fingerprint density at radius 3 is 2.95 bits per heavy atom. The summed E-state index contributed by atoms with van der Waals surface area (Å²) in [4.78, 5) is 3.19. The zero-order valence-corrected chi connectivity index (χ0v) is 11.8. The van der Waals surface area contributed by atoms with Crippen molar-refractivity contribution in [3.8, 4) is 0 Å². The number of H-pyrrole nitrogens is 1. The van der Waals surface area contributed by atoms with Gasteiger partial charge in [-0.05, 0) is 31.0 Å².